The maximum absolute atomic E-state index is 12.7. The van der Waals surface area contributed by atoms with Crippen LogP contribution in [-0.2, 0) is 4.79 Å². The van der Waals surface area contributed by atoms with Crippen LogP contribution in [0.15, 0.2) is 58.2 Å². The number of fused-ring (bicyclic) bond motifs is 3. The largest absolute Gasteiger partial charge is 0.447 e. The number of para-hydroxylation sites is 1. The number of ether oxygens (including phenoxy) is 1. The summed E-state index contributed by atoms with van der Waals surface area (Å²) in [5.74, 6) is 1.17. The summed E-state index contributed by atoms with van der Waals surface area (Å²) >= 11 is 5.03. The van der Waals surface area contributed by atoms with Gasteiger partial charge in [-0.2, -0.15) is 4.98 Å². The lowest BCUT2D eigenvalue weighted by atomic mass is 10.1. The van der Waals surface area contributed by atoms with Gasteiger partial charge in [-0.1, -0.05) is 71.4 Å². The van der Waals surface area contributed by atoms with Gasteiger partial charge in [-0.25, -0.2) is 0 Å². The van der Waals surface area contributed by atoms with Gasteiger partial charge in [0, 0.05) is 28.3 Å². The molecule has 4 rings (SSSR count). The minimum Gasteiger partial charge on any atom is -0.447 e. The van der Waals surface area contributed by atoms with Crippen molar-refractivity contribution in [1.82, 2.24) is 15.2 Å². The maximum atomic E-state index is 12.7. The van der Waals surface area contributed by atoms with E-state index in [1.807, 2.05) is 48.5 Å². The van der Waals surface area contributed by atoms with Gasteiger partial charge in [-0.3, -0.25) is 9.69 Å². The first-order valence-corrected chi connectivity index (χ1v) is 11.5. The molecule has 0 unspecified atom stereocenters. The number of hydrogen-bond acceptors (Lipinski definition) is 6. The highest BCUT2D eigenvalue weighted by Gasteiger charge is 2.34. The van der Waals surface area contributed by atoms with Crippen LogP contribution in [0.5, 0.6) is 5.88 Å². The van der Waals surface area contributed by atoms with E-state index in [4.69, 9.17) is 4.74 Å². The number of halogens is 1. The molecular weight excluding hydrogens is 464 g/mol. The fourth-order valence-electron chi connectivity index (χ4n) is 3.27. The lowest BCUT2D eigenvalue weighted by molar-refractivity contribution is -0.118. The van der Waals surface area contributed by atoms with Gasteiger partial charge in [0.1, 0.15) is 0 Å². The Bertz CT molecular complexity index is 1060. The van der Waals surface area contributed by atoms with E-state index in [0.29, 0.717) is 16.7 Å². The van der Waals surface area contributed by atoms with Crippen LogP contribution in [0.25, 0.3) is 11.3 Å². The van der Waals surface area contributed by atoms with Crippen LogP contribution in [0.4, 0.5) is 5.69 Å². The van der Waals surface area contributed by atoms with Gasteiger partial charge in [0.2, 0.25) is 23.2 Å². The summed E-state index contributed by atoms with van der Waals surface area (Å²) in [7, 11) is 0. The van der Waals surface area contributed by atoms with Gasteiger partial charge in [-0.15, -0.1) is 10.2 Å². The van der Waals surface area contributed by atoms with Crippen LogP contribution in [0.2, 0.25) is 0 Å². The highest BCUT2D eigenvalue weighted by molar-refractivity contribution is 9.10. The number of nitrogens with zero attached hydrogens (tertiary/aromatic N) is 4. The van der Waals surface area contributed by atoms with Gasteiger partial charge in [0.15, 0.2) is 5.69 Å². The second-order valence-electron chi connectivity index (χ2n) is 6.88. The molecule has 0 spiro atoms. The smallest absolute Gasteiger partial charge is 0.247 e. The van der Waals surface area contributed by atoms with E-state index in [1.165, 1.54) is 6.92 Å². The van der Waals surface area contributed by atoms with Crippen molar-refractivity contribution in [1.29, 1.82) is 0 Å². The van der Waals surface area contributed by atoms with Crippen molar-refractivity contribution in [2.45, 2.75) is 38.1 Å². The number of aromatic nitrogens is 3. The normalized spacial score (nSPS) is 15.0. The third-order valence-electron chi connectivity index (χ3n) is 4.74. The third-order valence-corrected chi connectivity index (χ3v) is 6.19. The molecule has 2 heterocycles. The number of thioether (sulfide) groups is 1. The Labute approximate surface area is 188 Å². The molecule has 8 heteroatoms. The van der Waals surface area contributed by atoms with Crippen molar-refractivity contribution in [3.63, 3.8) is 0 Å². The van der Waals surface area contributed by atoms with Crippen molar-refractivity contribution in [2.24, 2.45) is 0 Å². The number of hydrogen-bond donors (Lipinski definition) is 0. The zero-order valence-electron chi connectivity index (χ0n) is 16.7. The number of carbonyl (C=O) groups excluding carboxylic acids is 1. The van der Waals surface area contributed by atoms with Gasteiger partial charge >= 0.3 is 0 Å². The Kier molecular flexibility index (Phi) is 6.34. The topological polar surface area (TPSA) is 68.2 Å². The molecule has 154 valence electrons. The van der Waals surface area contributed by atoms with Crippen LogP contribution in [-0.4, -0.2) is 26.8 Å². The molecule has 3 aromatic rings. The molecule has 1 aromatic heterocycles. The van der Waals surface area contributed by atoms with Gasteiger partial charge in [0.25, 0.3) is 0 Å². The monoisotopic (exact) mass is 484 g/mol. The summed E-state index contributed by atoms with van der Waals surface area (Å²) in [4.78, 5) is 19.0. The maximum Gasteiger partial charge on any atom is 0.247 e. The first-order chi connectivity index (χ1) is 14.6. The van der Waals surface area contributed by atoms with E-state index < -0.39 is 6.23 Å². The minimum atomic E-state index is -0.664. The predicted octanol–water partition coefficient (Wildman–Crippen LogP) is 5.64. The van der Waals surface area contributed by atoms with Gasteiger partial charge < -0.3 is 4.74 Å². The molecule has 1 amide bonds. The SMILES string of the molecule is CCCCSc1nnc2c(n1)O[C@@H](c1ccc(Br)cc1)N(C(C)=O)c1ccccc1-2. The minimum absolute atomic E-state index is 0.131. The highest BCUT2D eigenvalue weighted by atomic mass is 79.9. The Morgan fingerprint density at radius 1 is 1.17 bits per heavy atom. The molecule has 1 atom stereocenters. The van der Waals surface area contributed by atoms with Crippen molar-refractivity contribution >= 4 is 39.3 Å². The van der Waals surface area contributed by atoms with E-state index >= 15 is 0 Å². The van der Waals surface area contributed by atoms with Gasteiger partial charge in [-0.05, 0) is 24.6 Å². The van der Waals surface area contributed by atoms with E-state index in [0.717, 1.165) is 39.9 Å². The van der Waals surface area contributed by atoms with E-state index in [1.54, 1.807) is 16.7 Å². The average Bonchev–Trinajstić information content (AvgIpc) is 2.89. The van der Waals surface area contributed by atoms with Crippen LogP contribution in [0.3, 0.4) is 0 Å². The molecule has 2 aromatic carbocycles. The van der Waals surface area contributed by atoms with Gasteiger partial charge in [0.05, 0.1) is 5.69 Å². The first kappa shape index (κ1) is 20.8. The summed E-state index contributed by atoms with van der Waals surface area (Å²) in [6, 6.07) is 15.3. The Hall–Kier alpha value is -2.45. The first-order valence-electron chi connectivity index (χ1n) is 9.77. The molecular formula is C22H21BrN4O2S. The molecule has 6 nitrogen and oxygen atoms in total. The number of unbranched alkanes of at least 4 members (excludes halogenated alkanes) is 1. The standard InChI is InChI=1S/C22H21BrN4O2S/c1-3-4-13-30-22-24-20-19(25-26-22)17-7-5-6-8-18(17)27(14(2)28)21(29-20)15-9-11-16(23)12-10-15/h5-12,21H,3-4,13H2,1-2H3/t21-/m0/s1. The van der Waals surface area contributed by atoms with Crippen LogP contribution >= 0.6 is 27.7 Å². The molecule has 30 heavy (non-hydrogen) atoms. The quantitative estimate of drug-likeness (QED) is 0.344. The number of anilines is 1. The summed E-state index contributed by atoms with van der Waals surface area (Å²) in [6.45, 7) is 3.68. The molecule has 0 radical (unpaired) electrons. The predicted molar refractivity (Wildman–Crippen MR) is 122 cm³/mol. The summed E-state index contributed by atoms with van der Waals surface area (Å²) in [5, 5.41) is 9.30. The Morgan fingerprint density at radius 3 is 2.67 bits per heavy atom. The average molecular weight is 485 g/mol. The van der Waals surface area contributed by atoms with E-state index in [-0.39, 0.29) is 5.91 Å². The molecule has 0 saturated carbocycles. The zero-order chi connectivity index (χ0) is 21.1. The molecule has 1 aliphatic rings. The zero-order valence-corrected chi connectivity index (χ0v) is 19.1. The molecule has 1 aliphatic heterocycles. The third kappa shape index (κ3) is 4.20. The number of amides is 1. The highest BCUT2D eigenvalue weighted by Crippen LogP contribution is 2.43. The van der Waals surface area contributed by atoms with E-state index in [9.17, 15) is 4.79 Å². The van der Waals surface area contributed by atoms with Crippen molar-refractivity contribution in [2.75, 3.05) is 10.7 Å². The Morgan fingerprint density at radius 2 is 1.93 bits per heavy atom. The van der Waals surface area contributed by atoms with Crippen molar-refractivity contribution < 1.29 is 9.53 Å². The molecule has 0 aliphatic carbocycles. The summed E-state index contributed by atoms with van der Waals surface area (Å²) < 4.78 is 7.30. The van der Waals surface area contributed by atoms with Crippen LogP contribution in [0.1, 0.15) is 38.5 Å². The van der Waals surface area contributed by atoms with Crippen LogP contribution < -0.4 is 9.64 Å². The lowest BCUT2D eigenvalue weighted by Crippen LogP contribution is -2.36. The van der Waals surface area contributed by atoms with Crippen molar-refractivity contribution in [3.05, 3.63) is 58.6 Å². The molecule has 0 saturated heterocycles. The second kappa shape index (κ2) is 9.14. The van der Waals surface area contributed by atoms with E-state index in [2.05, 4.69) is 38.0 Å². The lowest BCUT2D eigenvalue weighted by Gasteiger charge is -2.29. The molecule has 0 N–H and O–H groups in total. The molecule has 0 fully saturated rings. The fourth-order valence-corrected chi connectivity index (χ4v) is 4.39. The number of rotatable bonds is 5. The second-order valence-corrected chi connectivity index (χ2v) is 8.86. The molecule has 0 bridgehead atoms. The van der Waals surface area contributed by atoms with Crippen LogP contribution in [0, 0.1) is 0 Å². The summed E-state index contributed by atoms with van der Waals surface area (Å²) in [6.07, 6.45) is 1.52. The number of carbonyl (C=O) groups is 1. The summed E-state index contributed by atoms with van der Waals surface area (Å²) in [5.41, 5.74) is 2.87. The number of benzene rings is 2. The Balaban J connectivity index is 1.84. The fraction of sp³-hybridized carbons (Fsp3) is 0.273. The van der Waals surface area contributed by atoms with Crippen molar-refractivity contribution in [3.8, 4) is 17.1 Å².